The molecule has 1 unspecified atom stereocenters. The van der Waals surface area contributed by atoms with Gasteiger partial charge < -0.3 is 9.64 Å². The molecule has 3 rings (SSSR count). The molecule has 2 fully saturated rings. The number of likely N-dealkylation sites (tertiary alicyclic amines) is 1. The van der Waals surface area contributed by atoms with Crippen molar-refractivity contribution >= 4 is 17.2 Å². The first-order chi connectivity index (χ1) is 9.58. The summed E-state index contributed by atoms with van der Waals surface area (Å²) >= 11 is 1.70. The van der Waals surface area contributed by atoms with Crippen LogP contribution < -0.4 is 0 Å². The fourth-order valence-electron chi connectivity index (χ4n) is 3.55. The lowest BCUT2D eigenvalue weighted by molar-refractivity contribution is 0.0732. The van der Waals surface area contributed by atoms with Gasteiger partial charge in [-0.05, 0) is 36.7 Å². The maximum absolute atomic E-state index is 12.6. The van der Waals surface area contributed by atoms with Crippen molar-refractivity contribution in [3.05, 3.63) is 21.9 Å². The SMILES string of the molecule is COC1C[C@@H]2CN(C(=O)c3csc(C(C)C)c3)C[C@@H]2C1. The molecule has 3 nitrogen and oxygen atoms in total. The fourth-order valence-corrected chi connectivity index (χ4v) is 4.45. The number of hydrogen-bond donors (Lipinski definition) is 0. The molecule has 0 bridgehead atoms. The van der Waals surface area contributed by atoms with Gasteiger partial charge in [0.2, 0.25) is 0 Å². The van der Waals surface area contributed by atoms with E-state index in [9.17, 15) is 4.79 Å². The fraction of sp³-hybridized carbons (Fsp3) is 0.688. The molecule has 1 aromatic rings. The number of fused-ring (bicyclic) bond motifs is 1. The van der Waals surface area contributed by atoms with E-state index in [0.29, 0.717) is 23.9 Å². The Balaban J connectivity index is 1.65. The maximum Gasteiger partial charge on any atom is 0.254 e. The summed E-state index contributed by atoms with van der Waals surface area (Å²) in [6.07, 6.45) is 2.65. The number of ether oxygens (including phenoxy) is 1. The van der Waals surface area contributed by atoms with Crippen LogP contribution in [0.15, 0.2) is 11.4 Å². The highest BCUT2D eigenvalue weighted by Gasteiger charge is 2.42. The van der Waals surface area contributed by atoms with E-state index in [2.05, 4.69) is 19.9 Å². The summed E-state index contributed by atoms with van der Waals surface area (Å²) in [6, 6.07) is 2.07. The van der Waals surface area contributed by atoms with Crippen molar-refractivity contribution < 1.29 is 9.53 Å². The average molecular weight is 293 g/mol. The molecule has 4 heteroatoms. The first-order valence-corrected chi connectivity index (χ1v) is 8.37. The molecule has 0 aromatic carbocycles. The summed E-state index contributed by atoms with van der Waals surface area (Å²) in [6.45, 7) is 6.17. The molecule has 0 spiro atoms. The van der Waals surface area contributed by atoms with Gasteiger partial charge in [-0.3, -0.25) is 4.79 Å². The molecule has 110 valence electrons. The Bertz CT molecular complexity index is 482. The van der Waals surface area contributed by atoms with Gasteiger partial charge in [0.1, 0.15) is 0 Å². The van der Waals surface area contributed by atoms with Crippen molar-refractivity contribution in [2.45, 2.75) is 38.7 Å². The Kier molecular flexibility index (Phi) is 3.87. The van der Waals surface area contributed by atoms with E-state index >= 15 is 0 Å². The van der Waals surface area contributed by atoms with Crippen molar-refractivity contribution in [2.75, 3.05) is 20.2 Å². The summed E-state index contributed by atoms with van der Waals surface area (Å²) in [5, 5.41) is 2.02. The number of amides is 1. The van der Waals surface area contributed by atoms with Crippen molar-refractivity contribution in [3.8, 4) is 0 Å². The number of rotatable bonds is 3. The first kappa shape index (κ1) is 14.1. The number of nitrogens with zero attached hydrogens (tertiary/aromatic N) is 1. The second kappa shape index (κ2) is 5.49. The highest BCUT2D eigenvalue weighted by molar-refractivity contribution is 7.10. The van der Waals surface area contributed by atoms with Gasteiger partial charge in [0.25, 0.3) is 5.91 Å². The minimum absolute atomic E-state index is 0.219. The van der Waals surface area contributed by atoms with Crippen LogP contribution in [-0.2, 0) is 4.74 Å². The Morgan fingerprint density at radius 2 is 2.00 bits per heavy atom. The largest absolute Gasteiger partial charge is 0.381 e. The molecule has 1 aliphatic carbocycles. The molecule has 20 heavy (non-hydrogen) atoms. The van der Waals surface area contributed by atoms with Gasteiger partial charge in [0.05, 0.1) is 11.7 Å². The number of carbonyl (C=O) groups excluding carboxylic acids is 1. The van der Waals surface area contributed by atoms with Gasteiger partial charge in [-0.1, -0.05) is 13.8 Å². The predicted octanol–water partition coefficient (Wildman–Crippen LogP) is 3.37. The van der Waals surface area contributed by atoms with Crippen LogP contribution in [-0.4, -0.2) is 37.1 Å². The second-order valence-electron chi connectivity index (χ2n) is 6.45. The molecular formula is C16H23NO2S. The smallest absolute Gasteiger partial charge is 0.254 e. The molecular weight excluding hydrogens is 270 g/mol. The normalized spacial score (nSPS) is 29.2. The highest BCUT2D eigenvalue weighted by Crippen LogP contribution is 2.39. The van der Waals surface area contributed by atoms with Gasteiger partial charge >= 0.3 is 0 Å². The highest BCUT2D eigenvalue weighted by atomic mass is 32.1. The summed E-state index contributed by atoms with van der Waals surface area (Å²) in [7, 11) is 1.80. The second-order valence-corrected chi connectivity index (χ2v) is 7.39. The Morgan fingerprint density at radius 1 is 1.35 bits per heavy atom. The van der Waals surface area contributed by atoms with Crippen LogP contribution in [0, 0.1) is 11.8 Å². The summed E-state index contributed by atoms with van der Waals surface area (Å²) in [5.41, 5.74) is 0.877. The third-order valence-electron chi connectivity index (χ3n) is 4.76. The minimum Gasteiger partial charge on any atom is -0.381 e. The van der Waals surface area contributed by atoms with E-state index in [0.717, 1.165) is 31.5 Å². The Hall–Kier alpha value is -0.870. The molecule has 3 atom stereocenters. The molecule has 1 saturated heterocycles. The average Bonchev–Trinajstić information content (AvgIpc) is 3.11. The van der Waals surface area contributed by atoms with E-state index in [-0.39, 0.29) is 5.91 Å². The quantitative estimate of drug-likeness (QED) is 0.855. The number of methoxy groups -OCH3 is 1. The molecule has 1 aromatic heterocycles. The van der Waals surface area contributed by atoms with Gasteiger partial charge in [-0.2, -0.15) is 0 Å². The van der Waals surface area contributed by atoms with E-state index in [1.54, 1.807) is 18.4 Å². The van der Waals surface area contributed by atoms with Gasteiger partial charge in [0, 0.05) is 30.5 Å². The Labute approximate surface area is 124 Å². The predicted molar refractivity (Wildman–Crippen MR) is 81.3 cm³/mol. The number of thiophene rings is 1. The van der Waals surface area contributed by atoms with Crippen molar-refractivity contribution in [3.63, 3.8) is 0 Å². The zero-order chi connectivity index (χ0) is 14.3. The lowest BCUT2D eigenvalue weighted by Gasteiger charge is -2.18. The maximum atomic E-state index is 12.6. The van der Waals surface area contributed by atoms with Crippen molar-refractivity contribution in [1.29, 1.82) is 0 Å². The molecule has 0 radical (unpaired) electrons. The summed E-state index contributed by atoms with van der Waals surface area (Å²) in [5.74, 6) is 2.01. The summed E-state index contributed by atoms with van der Waals surface area (Å²) < 4.78 is 5.46. The lowest BCUT2D eigenvalue weighted by atomic mass is 10.0. The molecule has 1 saturated carbocycles. The van der Waals surface area contributed by atoms with Crippen LogP contribution in [0.25, 0.3) is 0 Å². The van der Waals surface area contributed by atoms with Crippen LogP contribution >= 0.6 is 11.3 Å². The summed E-state index contributed by atoms with van der Waals surface area (Å²) in [4.78, 5) is 15.9. The lowest BCUT2D eigenvalue weighted by Crippen LogP contribution is -2.30. The molecule has 1 amide bonds. The van der Waals surface area contributed by atoms with E-state index in [1.807, 2.05) is 10.3 Å². The van der Waals surface area contributed by atoms with Crippen LogP contribution in [0.2, 0.25) is 0 Å². The van der Waals surface area contributed by atoms with Crippen LogP contribution in [0.4, 0.5) is 0 Å². The number of carbonyl (C=O) groups is 1. The zero-order valence-corrected chi connectivity index (χ0v) is 13.3. The zero-order valence-electron chi connectivity index (χ0n) is 12.5. The molecule has 2 heterocycles. The van der Waals surface area contributed by atoms with E-state index < -0.39 is 0 Å². The van der Waals surface area contributed by atoms with Gasteiger partial charge in [-0.15, -0.1) is 11.3 Å². The third kappa shape index (κ3) is 2.51. The van der Waals surface area contributed by atoms with Crippen LogP contribution in [0.5, 0.6) is 0 Å². The van der Waals surface area contributed by atoms with Gasteiger partial charge in [-0.25, -0.2) is 0 Å². The van der Waals surface area contributed by atoms with Gasteiger partial charge in [0.15, 0.2) is 0 Å². The van der Waals surface area contributed by atoms with E-state index in [4.69, 9.17) is 4.74 Å². The number of hydrogen-bond acceptors (Lipinski definition) is 3. The minimum atomic E-state index is 0.219. The van der Waals surface area contributed by atoms with Crippen LogP contribution in [0.3, 0.4) is 0 Å². The third-order valence-corrected chi connectivity index (χ3v) is 6.00. The monoisotopic (exact) mass is 293 g/mol. The van der Waals surface area contributed by atoms with Crippen molar-refractivity contribution in [1.82, 2.24) is 4.90 Å². The molecule has 2 aliphatic rings. The molecule has 0 N–H and O–H groups in total. The Morgan fingerprint density at radius 3 is 2.50 bits per heavy atom. The van der Waals surface area contributed by atoms with E-state index in [1.165, 1.54) is 4.88 Å². The first-order valence-electron chi connectivity index (χ1n) is 7.49. The standard InChI is InChI=1S/C16H23NO2S/c1-10(2)15-6-13(9-20-15)16(18)17-7-11-4-14(19-3)5-12(11)8-17/h6,9-12,14H,4-5,7-8H2,1-3H3/t11-,12+,14?. The van der Waals surface area contributed by atoms with Crippen LogP contribution in [0.1, 0.15) is 47.8 Å². The molecule has 1 aliphatic heterocycles. The topological polar surface area (TPSA) is 29.5 Å². The van der Waals surface area contributed by atoms with Crippen molar-refractivity contribution in [2.24, 2.45) is 11.8 Å².